The smallest absolute Gasteiger partial charge is 0.126 e. The van der Waals surface area contributed by atoms with E-state index in [-0.39, 0.29) is 0 Å². The van der Waals surface area contributed by atoms with Crippen LogP contribution in [0.15, 0.2) is 84.9 Å². The van der Waals surface area contributed by atoms with Gasteiger partial charge in [0.1, 0.15) is 17.2 Å². The topological polar surface area (TPSA) is 34.2 Å². The Labute approximate surface area is 393 Å². The third-order valence-corrected chi connectivity index (χ3v) is 12.3. The second-order valence-corrected chi connectivity index (χ2v) is 17.3. The predicted molar refractivity (Wildman–Crippen MR) is 286 cm³/mol. The van der Waals surface area contributed by atoms with Crippen molar-refractivity contribution in [2.45, 2.75) is 99.8 Å². The van der Waals surface area contributed by atoms with Gasteiger partial charge < -0.3 is 24.0 Å². The van der Waals surface area contributed by atoms with Gasteiger partial charge in [-0.05, 0) is 139 Å². The Kier molecular flexibility index (Phi) is 20.1. The molecular formula is C60H76N2O3. The minimum atomic E-state index is 0.793. The minimum absolute atomic E-state index is 0.793. The van der Waals surface area contributed by atoms with Crippen molar-refractivity contribution in [3.63, 3.8) is 0 Å². The normalized spacial score (nSPS) is 11.7. The van der Waals surface area contributed by atoms with Crippen LogP contribution in [-0.4, -0.2) is 47.5 Å². The molecule has 0 aromatic heterocycles. The number of methoxy groups -OCH3 is 3. The predicted octanol–water partition coefficient (Wildman–Crippen LogP) is 16.1. The lowest BCUT2D eigenvalue weighted by Gasteiger charge is -2.24. The molecule has 5 nitrogen and oxygen atoms in total. The van der Waals surface area contributed by atoms with Gasteiger partial charge in [-0.25, -0.2) is 0 Å². The third-order valence-electron chi connectivity index (χ3n) is 12.3. The van der Waals surface area contributed by atoms with Gasteiger partial charge in [0, 0.05) is 54.2 Å². The Bertz CT molecular complexity index is 2350. The number of benzene rings is 5. The van der Waals surface area contributed by atoms with E-state index in [9.17, 15) is 0 Å². The monoisotopic (exact) mass is 873 g/mol. The summed E-state index contributed by atoms with van der Waals surface area (Å²) in [4.78, 5) is 5.04. The first-order chi connectivity index (χ1) is 31.6. The SMILES string of the molecule is CCCCN(CCCC)c1ccc(/C=C/c2cc(C)c(/C=C/c3cc(C)c(/C=C/c4cc(OC)c(/C=C/c5ccc(N(CCCC)CCCC)cc5)cc4OC)cc3C)cc2OC)cc1. The van der Waals surface area contributed by atoms with Crippen molar-refractivity contribution >= 4 is 60.0 Å². The maximum atomic E-state index is 5.91. The van der Waals surface area contributed by atoms with Gasteiger partial charge in [-0.2, -0.15) is 0 Å². The molecule has 0 unspecified atom stereocenters. The van der Waals surface area contributed by atoms with Crippen molar-refractivity contribution in [3.05, 3.63) is 146 Å². The highest BCUT2D eigenvalue weighted by Crippen LogP contribution is 2.33. The highest BCUT2D eigenvalue weighted by atomic mass is 16.5. The van der Waals surface area contributed by atoms with Crippen molar-refractivity contribution in [2.24, 2.45) is 0 Å². The molecule has 0 aliphatic heterocycles. The number of hydrogen-bond acceptors (Lipinski definition) is 5. The van der Waals surface area contributed by atoms with Crippen LogP contribution in [0.3, 0.4) is 0 Å². The highest BCUT2D eigenvalue weighted by Gasteiger charge is 2.11. The van der Waals surface area contributed by atoms with Gasteiger partial charge in [-0.1, -0.05) is 138 Å². The largest absolute Gasteiger partial charge is 0.496 e. The molecule has 0 heterocycles. The Morgan fingerprint density at radius 1 is 0.354 bits per heavy atom. The third kappa shape index (κ3) is 14.5. The highest BCUT2D eigenvalue weighted by molar-refractivity contribution is 5.82. The molecule has 0 fully saturated rings. The average molecular weight is 873 g/mol. The quantitative estimate of drug-likeness (QED) is 0.0546. The number of aryl methyl sites for hydroxylation is 3. The van der Waals surface area contributed by atoms with E-state index in [1.807, 2.05) is 0 Å². The molecule has 5 heteroatoms. The molecule has 0 atom stereocenters. The molecule has 65 heavy (non-hydrogen) atoms. The summed E-state index contributed by atoms with van der Waals surface area (Å²) in [5.41, 5.74) is 15.0. The Morgan fingerprint density at radius 3 is 0.938 bits per heavy atom. The Morgan fingerprint density at radius 2 is 0.615 bits per heavy atom. The van der Waals surface area contributed by atoms with Gasteiger partial charge >= 0.3 is 0 Å². The molecule has 0 amide bonds. The van der Waals surface area contributed by atoms with Gasteiger partial charge in [0.15, 0.2) is 0 Å². The first-order valence-corrected chi connectivity index (χ1v) is 24.1. The van der Waals surface area contributed by atoms with Gasteiger partial charge in [-0.3, -0.25) is 0 Å². The standard InChI is InChI=1S/C60H76N2O3/c1-11-15-35-61(36-16-12-2)56-31-21-48(22-32-56)19-25-53-41-47(7)52(42-58(53)63-8)28-27-50-39-46(6)51(40-45(50)5)29-30-55-44-59(64-9)54(43-60(55)65-10)26-20-49-23-33-57(34-24-49)62(37-17-13-3)38-18-14-4/h19-34,39-44H,11-18,35-38H2,1-10H3/b25-19+,26-20+,28-27+,30-29+. The van der Waals surface area contributed by atoms with Gasteiger partial charge in [0.05, 0.1) is 21.3 Å². The van der Waals surface area contributed by atoms with Crippen LogP contribution < -0.4 is 24.0 Å². The summed E-state index contributed by atoms with van der Waals surface area (Å²) in [6.07, 6.45) is 27.0. The van der Waals surface area contributed by atoms with Crippen molar-refractivity contribution < 1.29 is 14.2 Å². The molecule has 0 spiro atoms. The van der Waals surface area contributed by atoms with Crippen LogP contribution in [0.1, 0.15) is 140 Å². The van der Waals surface area contributed by atoms with Crippen LogP contribution in [-0.2, 0) is 0 Å². The van der Waals surface area contributed by atoms with Crippen LogP contribution >= 0.6 is 0 Å². The van der Waals surface area contributed by atoms with Crippen molar-refractivity contribution in [1.82, 2.24) is 0 Å². The van der Waals surface area contributed by atoms with E-state index >= 15 is 0 Å². The second-order valence-electron chi connectivity index (χ2n) is 17.3. The Balaban J connectivity index is 1.28. The van der Waals surface area contributed by atoms with E-state index in [4.69, 9.17) is 14.2 Å². The molecule has 0 aliphatic carbocycles. The minimum Gasteiger partial charge on any atom is -0.496 e. The summed E-state index contributed by atoms with van der Waals surface area (Å²) in [6.45, 7) is 20.0. The van der Waals surface area contributed by atoms with Crippen molar-refractivity contribution in [3.8, 4) is 17.2 Å². The summed E-state index contributed by atoms with van der Waals surface area (Å²) in [5.74, 6) is 2.45. The summed E-state index contributed by atoms with van der Waals surface area (Å²) in [7, 11) is 5.20. The lowest BCUT2D eigenvalue weighted by molar-refractivity contribution is 0.401. The van der Waals surface area contributed by atoms with Crippen LogP contribution in [0, 0.1) is 20.8 Å². The fourth-order valence-electron chi connectivity index (χ4n) is 8.10. The van der Waals surface area contributed by atoms with E-state index in [0.717, 1.165) is 76.8 Å². The maximum absolute atomic E-state index is 5.91. The van der Waals surface area contributed by atoms with Crippen LogP contribution in [0.4, 0.5) is 11.4 Å². The molecule has 5 rings (SSSR count). The average Bonchev–Trinajstić information content (AvgIpc) is 3.33. The van der Waals surface area contributed by atoms with E-state index in [0.29, 0.717) is 0 Å². The Hall–Kier alpha value is -5.94. The first kappa shape index (κ1) is 50.1. The van der Waals surface area contributed by atoms with Gasteiger partial charge in [0.2, 0.25) is 0 Å². The summed E-state index contributed by atoms with van der Waals surface area (Å²) >= 11 is 0. The molecule has 0 bridgehead atoms. The molecular weight excluding hydrogens is 797 g/mol. The summed E-state index contributed by atoms with van der Waals surface area (Å²) in [6, 6.07) is 30.9. The summed E-state index contributed by atoms with van der Waals surface area (Å²) in [5, 5.41) is 0. The number of anilines is 2. The molecule has 344 valence electrons. The number of ether oxygens (including phenoxy) is 3. The van der Waals surface area contributed by atoms with E-state index in [2.05, 4.69) is 192 Å². The molecule has 0 saturated carbocycles. The fourth-order valence-corrected chi connectivity index (χ4v) is 8.10. The van der Waals surface area contributed by atoms with Gasteiger partial charge in [-0.15, -0.1) is 0 Å². The molecule has 0 aliphatic rings. The summed E-state index contributed by atoms with van der Waals surface area (Å²) < 4.78 is 17.7. The molecule has 0 saturated heterocycles. The number of unbranched alkanes of at least 4 members (excludes halogenated alkanes) is 4. The molecule has 0 radical (unpaired) electrons. The zero-order chi connectivity index (χ0) is 46.6. The van der Waals surface area contributed by atoms with E-state index < -0.39 is 0 Å². The van der Waals surface area contributed by atoms with Crippen LogP contribution in [0.25, 0.3) is 48.6 Å². The zero-order valence-corrected chi connectivity index (χ0v) is 41.3. The second kappa shape index (κ2) is 26.1. The van der Waals surface area contributed by atoms with Crippen molar-refractivity contribution in [2.75, 3.05) is 57.3 Å². The van der Waals surface area contributed by atoms with E-state index in [1.165, 1.54) is 90.6 Å². The first-order valence-electron chi connectivity index (χ1n) is 24.1. The fraction of sp³-hybridized carbons (Fsp3) is 0.367. The number of rotatable bonds is 25. The number of nitrogens with zero attached hydrogens (tertiary/aromatic N) is 2. The van der Waals surface area contributed by atoms with Crippen LogP contribution in [0.5, 0.6) is 17.2 Å². The van der Waals surface area contributed by atoms with Crippen LogP contribution in [0.2, 0.25) is 0 Å². The molecule has 5 aromatic carbocycles. The van der Waals surface area contributed by atoms with E-state index in [1.54, 1.807) is 21.3 Å². The molecule has 5 aromatic rings. The lowest BCUT2D eigenvalue weighted by Crippen LogP contribution is -2.25. The van der Waals surface area contributed by atoms with Gasteiger partial charge in [0.25, 0.3) is 0 Å². The van der Waals surface area contributed by atoms with Crippen molar-refractivity contribution in [1.29, 1.82) is 0 Å². The number of hydrogen-bond donors (Lipinski definition) is 0. The lowest BCUT2D eigenvalue weighted by atomic mass is 9.97. The maximum Gasteiger partial charge on any atom is 0.126 e. The zero-order valence-electron chi connectivity index (χ0n) is 41.3. The molecule has 0 N–H and O–H groups in total.